The van der Waals surface area contributed by atoms with Crippen molar-refractivity contribution in [1.29, 1.82) is 0 Å². The summed E-state index contributed by atoms with van der Waals surface area (Å²) in [6.07, 6.45) is 0. The van der Waals surface area contributed by atoms with E-state index in [1.54, 1.807) is 30.3 Å². The van der Waals surface area contributed by atoms with Crippen LogP contribution in [-0.4, -0.2) is 19.1 Å². The van der Waals surface area contributed by atoms with Crippen LogP contribution < -0.4 is 14.8 Å². The number of ether oxygens (including phenoxy) is 2. The van der Waals surface area contributed by atoms with Crippen LogP contribution in [0.2, 0.25) is 10.0 Å². The van der Waals surface area contributed by atoms with Crippen molar-refractivity contribution in [2.24, 2.45) is 0 Å². The fourth-order valence-corrected chi connectivity index (χ4v) is 2.37. The SMILES string of the molecule is CCOc1ccccc1OCC(=O)NCc1ccc(Cl)cc1Cl. The second kappa shape index (κ2) is 8.65. The van der Waals surface area contributed by atoms with Crippen molar-refractivity contribution >= 4 is 29.1 Å². The Balaban J connectivity index is 1.86. The van der Waals surface area contributed by atoms with Gasteiger partial charge in [-0.05, 0) is 36.8 Å². The smallest absolute Gasteiger partial charge is 0.258 e. The van der Waals surface area contributed by atoms with Crippen molar-refractivity contribution in [1.82, 2.24) is 5.32 Å². The van der Waals surface area contributed by atoms with Gasteiger partial charge in [-0.2, -0.15) is 0 Å². The highest BCUT2D eigenvalue weighted by atomic mass is 35.5. The molecule has 0 saturated heterocycles. The average molecular weight is 354 g/mol. The van der Waals surface area contributed by atoms with E-state index in [2.05, 4.69) is 5.32 Å². The number of hydrogen-bond acceptors (Lipinski definition) is 3. The van der Waals surface area contributed by atoms with Crippen molar-refractivity contribution in [2.45, 2.75) is 13.5 Å². The Morgan fingerprint density at radius 1 is 1.09 bits per heavy atom. The number of rotatable bonds is 7. The molecule has 0 spiro atoms. The summed E-state index contributed by atoms with van der Waals surface area (Å²) in [5.74, 6) is 0.903. The van der Waals surface area contributed by atoms with E-state index >= 15 is 0 Å². The van der Waals surface area contributed by atoms with E-state index in [4.69, 9.17) is 32.7 Å². The molecule has 2 rings (SSSR count). The Bertz CT molecular complexity index is 677. The maximum Gasteiger partial charge on any atom is 0.258 e. The molecule has 0 radical (unpaired) electrons. The summed E-state index contributed by atoms with van der Waals surface area (Å²) >= 11 is 11.9. The summed E-state index contributed by atoms with van der Waals surface area (Å²) in [5.41, 5.74) is 0.791. The van der Waals surface area contributed by atoms with Crippen molar-refractivity contribution in [3.05, 3.63) is 58.1 Å². The topological polar surface area (TPSA) is 47.6 Å². The van der Waals surface area contributed by atoms with Crippen molar-refractivity contribution < 1.29 is 14.3 Å². The van der Waals surface area contributed by atoms with Crippen molar-refractivity contribution in [3.8, 4) is 11.5 Å². The highest BCUT2D eigenvalue weighted by Gasteiger charge is 2.08. The van der Waals surface area contributed by atoms with E-state index in [1.807, 2.05) is 19.1 Å². The molecular weight excluding hydrogens is 337 g/mol. The van der Waals surface area contributed by atoms with Gasteiger partial charge in [0.05, 0.1) is 6.61 Å². The Hall–Kier alpha value is -1.91. The van der Waals surface area contributed by atoms with Crippen LogP contribution in [0.15, 0.2) is 42.5 Å². The lowest BCUT2D eigenvalue weighted by Gasteiger charge is -2.12. The molecular formula is C17H17Cl2NO3. The fraction of sp³-hybridized carbons (Fsp3) is 0.235. The molecule has 0 aromatic heterocycles. The molecule has 0 aliphatic rings. The van der Waals surface area contributed by atoms with E-state index in [0.29, 0.717) is 34.7 Å². The van der Waals surface area contributed by atoms with E-state index in [0.717, 1.165) is 5.56 Å². The zero-order valence-corrected chi connectivity index (χ0v) is 14.2. The molecule has 23 heavy (non-hydrogen) atoms. The monoisotopic (exact) mass is 353 g/mol. The quantitative estimate of drug-likeness (QED) is 0.815. The van der Waals surface area contributed by atoms with E-state index in [9.17, 15) is 4.79 Å². The maximum atomic E-state index is 11.9. The first-order chi connectivity index (χ1) is 11.1. The molecule has 1 N–H and O–H groups in total. The number of halogens is 2. The Morgan fingerprint density at radius 2 is 1.78 bits per heavy atom. The summed E-state index contributed by atoms with van der Waals surface area (Å²) in [7, 11) is 0. The summed E-state index contributed by atoms with van der Waals surface area (Å²) < 4.78 is 10.9. The van der Waals surface area contributed by atoms with Gasteiger partial charge in [0.2, 0.25) is 0 Å². The molecule has 1 amide bonds. The van der Waals surface area contributed by atoms with E-state index in [1.165, 1.54) is 0 Å². The van der Waals surface area contributed by atoms with Crippen LogP contribution in [0, 0.1) is 0 Å². The predicted molar refractivity (Wildman–Crippen MR) is 91.4 cm³/mol. The molecule has 0 saturated carbocycles. The van der Waals surface area contributed by atoms with Crippen LogP contribution in [0.5, 0.6) is 11.5 Å². The molecule has 4 nitrogen and oxygen atoms in total. The first-order valence-electron chi connectivity index (χ1n) is 7.15. The second-order valence-electron chi connectivity index (χ2n) is 4.68. The normalized spacial score (nSPS) is 10.2. The minimum absolute atomic E-state index is 0.102. The van der Waals surface area contributed by atoms with Crippen LogP contribution in [0.1, 0.15) is 12.5 Å². The minimum atomic E-state index is -0.248. The lowest BCUT2D eigenvalue weighted by molar-refractivity contribution is -0.123. The summed E-state index contributed by atoms with van der Waals surface area (Å²) in [5, 5.41) is 3.82. The van der Waals surface area contributed by atoms with Crippen LogP contribution in [-0.2, 0) is 11.3 Å². The zero-order valence-electron chi connectivity index (χ0n) is 12.6. The van der Waals surface area contributed by atoms with Gasteiger partial charge in [-0.15, -0.1) is 0 Å². The first-order valence-corrected chi connectivity index (χ1v) is 7.91. The summed E-state index contributed by atoms with van der Waals surface area (Å²) in [4.78, 5) is 11.9. The van der Waals surface area contributed by atoms with Crippen LogP contribution in [0.3, 0.4) is 0 Å². The van der Waals surface area contributed by atoms with Crippen molar-refractivity contribution in [3.63, 3.8) is 0 Å². The lowest BCUT2D eigenvalue weighted by atomic mass is 10.2. The number of amides is 1. The number of para-hydroxylation sites is 2. The lowest BCUT2D eigenvalue weighted by Crippen LogP contribution is -2.28. The molecule has 0 bridgehead atoms. The number of hydrogen-bond donors (Lipinski definition) is 1. The van der Waals surface area contributed by atoms with Gasteiger partial charge in [-0.1, -0.05) is 41.4 Å². The zero-order chi connectivity index (χ0) is 16.7. The van der Waals surface area contributed by atoms with Gasteiger partial charge in [0.1, 0.15) is 0 Å². The maximum absolute atomic E-state index is 11.9. The molecule has 0 aliphatic carbocycles. The summed E-state index contributed by atoms with van der Waals surface area (Å²) in [6.45, 7) is 2.63. The first kappa shape index (κ1) is 17.4. The average Bonchev–Trinajstić information content (AvgIpc) is 2.53. The molecule has 0 unspecified atom stereocenters. The Labute approximate surface area is 145 Å². The predicted octanol–water partition coefficient (Wildman–Crippen LogP) is 4.09. The number of benzene rings is 2. The Kier molecular flexibility index (Phi) is 6.56. The minimum Gasteiger partial charge on any atom is -0.490 e. The van der Waals surface area contributed by atoms with Gasteiger partial charge in [0, 0.05) is 16.6 Å². The second-order valence-corrected chi connectivity index (χ2v) is 5.52. The Morgan fingerprint density at radius 3 is 2.43 bits per heavy atom. The molecule has 2 aromatic rings. The molecule has 2 aromatic carbocycles. The van der Waals surface area contributed by atoms with Gasteiger partial charge >= 0.3 is 0 Å². The van der Waals surface area contributed by atoms with Crippen LogP contribution >= 0.6 is 23.2 Å². The van der Waals surface area contributed by atoms with Gasteiger partial charge in [0.25, 0.3) is 5.91 Å². The molecule has 122 valence electrons. The highest BCUT2D eigenvalue weighted by Crippen LogP contribution is 2.26. The molecule has 0 fully saturated rings. The van der Waals surface area contributed by atoms with E-state index in [-0.39, 0.29) is 12.5 Å². The van der Waals surface area contributed by atoms with Gasteiger partial charge in [0.15, 0.2) is 18.1 Å². The molecule has 0 heterocycles. The third-order valence-electron chi connectivity index (χ3n) is 3.00. The number of carbonyl (C=O) groups is 1. The summed E-state index contributed by atoms with van der Waals surface area (Å²) in [6, 6.07) is 12.4. The number of nitrogens with one attached hydrogen (secondary N) is 1. The third kappa shape index (κ3) is 5.34. The van der Waals surface area contributed by atoms with Gasteiger partial charge in [-0.25, -0.2) is 0 Å². The largest absolute Gasteiger partial charge is 0.490 e. The molecule has 0 atom stereocenters. The van der Waals surface area contributed by atoms with Crippen LogP contribution in [0.4, 0.5) is 0 Å². The third-order valence-corrected chi connectivity index (χ3v) is 3.59. The van der Waals surface area contributed by atoms with Gasteiger partial charge < -0.3 is 14.8 Å². The fourth-order valence-electron chi connectivity index (χ4n) is 1.90. The standard InChI is InChI=1S/C17H17Cl2NO3/c1-2-22-15-5-3-4-6-16(15)23-11-17(21)20-10-12-7-8-13(18)9-14(12)19/h3-9H,2,10-11H2,1H3,(H,20,21). The number of carbonyl (C=O) groups excluding carboxylic acids is 1. The molecule has 0 aliphatic heterocycles. The molecule has 6 heteroatoms. The van der Waals surface area contributed by atoms with Gasteiger partial charge in [-0.3, -0.25) is 4.79 Å². The van der Waals surface area contributed by atoms with Crippen molar-refractivity contribution in [2.75, 3.05) is 13.2 Å². The van der Waals surface area contributed by atoms with Crippen LogP contribution in [0.25, 0.3) is 0 Å². The van der Waals surface area contributed by atoms with E-state index < -0.39 is 0 Å². The highest BCUT2D eigenvalue weighted by molar-refractivity contribution is 6.35.